The second-order valence-electron chi connectivity index (χ2n) is 5.94. The molecule has 7 nitrogen and oxygen atoms in total. The predicted octanol–water partition coefficient (Wildman–Crippen LogP) is 3.58. The zero-order valence-electron chi connectivity index (χ0n) is 16.7. The van der Waals surface area contributed by atoms with Gasteiger partial charge in [0.1, 0.15) is 11.8 Å². The van der Waals surface area contributed by atoms with Crippen LogP contribution >= 0.6 is 47.2 Å². The van der Waals surface area contributed by atoms with E-state index in [9.17, 15) is 0 Å². The number of aliphatic hydroxyl groups is 1. The van der Waals surface area contributed by atoms with E-state index in [0.29, 0.717) is 40.7 Å². The Morgan fingerprint density at radius 3 is 2.55 bits per heavy atom. The summed E-state index contributed by atoms with van der Waals surface area (Å²) < 4.78 is 12.6. The molecule has 0 aliphatic rings. The first-order valence-corrected chi connectivity index (χ1v) is 9.68. The Labute approximate surface area is 198 Å². The van der Waals surface area contributed by atoms with Gasteiger partial charge in [0, 0.05) is 19.3 Å². The number of aromatic nitrogens is 1. The normalized spacial score (nSPS) is 11.0. The molecule has 3 N–H and O–H groups in total. The number of halogens is 3. The Kier molecular flexibility index (Phi) is 11.6. The first kappa shape index (κ1) is 25.7. The van der Waals surface area contributed by atoms with E-state index < -0.39 is 0 Å². The van der Waals surface area contributed by atoms with Crippen LogP contribution in [0.2, 0.25) is 10.2 Å². The van der Waals surface area contributed by atoms with E-state index in [1.54, 1.807) is 7.11 Å². The van der Waals surface area contributed by atoms with Crippen LogP contribution in [0.25, 0.3) is 0 Å². The molecule has 0 atom stereocenters. The van der Waals surface area contributed by atoms with Crippen molar-refractivity contribution in [1.82, 2.24) is 15.2 Å². The van der Waals surface area contributed by atoms with Gasteiger partial charge in [0.25, 0.3) is 0 Å². The summed E-state index contributed by atoms with van der Waals surface area (Å²) in [5, 5.41) is 16.4. The van der Waals surface area contributed by atoms with Gasteiger partial charge in [0.2, 0.25) is 0 Å². The lowest BCUT2D eigenvalue weighted by molar-refractivity contribution is 0.196. The molecule has 162 valence electrons. The molecular formula is C19H27Cl2IN4O3. The van der Waals surface area contributed by atoms with Gasteiger partial charge in [0.15, 0.2) is 17.5 Å². The molecule has 0 fully saturated rings. The van der Waals surface area contributed by atoms with Gasteiger partial charge in [-0.3, -0.25) is 0 Å². The highest BCUT2D eigenvalue weighted by atomic mass is 127. The summed E-state index contributed by atoms with van der Waals surface area (Å²) in [5.41, 5.74) is 1.92. The summed E-state index contributed by atoms with van der Waals surface area (Å²) in [5.74, 6) is 1.87. The quantitative estimate of drug-likeness (QED) is 0.250. The molecule has 0 amide bonds. The highest BCUT2D eigenvalue weighted by Gasteiger charge is 2.10. The maximum absolute atomic E-state index is 8.89. The van der Waals surface area contributed by atoms with E-state index in [1.807, 2.05) is 42.8 Å². The Hall–Kier alpha value is -1.36. The van der Waals surface area contributed by atoms with Crippen LogP contribution in [-0.2, 0) is 20.1 Å². The first-order valence-electron chi connectivity index (χ1n) is 8.92. The standard InChI is InChI=1S/C19H26Cl2N4O3.HI/c1-4-22-19(24-12-14-10-15(20)18(21)25(14)2)23-11-13-5-6-16(28-8-7-26)17(9-13)27-3;/h5-6,9-10,26H,4,7-8,11-12H2,1-3H3,(H2,22,23,24);1H. The number of rotatable bonds is 9. The third-order valence-corrected chi connectivity index (χ3v) is 4.84. The van der Waals surface area contributed by atoms with Crippen LogP contribution in [0.15, 0.2) is 29.3 Å². The molecule has 1 heterocycles. The average molecular weight is 557 g/mol. The molecule has 29 heavy (non-hydrogen) atoms. The minimum Gasteiger partial charge on any atom is -0.493 e. The van der Waals surface area contributed by atoms with Crippen LogP contribution in [0, 0.1) is 0 Å². The summed E-state index contributed by atoms with van der Waals surface area (Å²) in [6.45, 7) is 3.90. The van der Waals surface area contributed by atoms with Gasteiger partial charge in [-0.1, -0.05) is 29.3 Å². The molecular weight excluding hydrogens is 530 g/mol. The minimum absolute atomic E-state index is 0. The number of hydrogen-bond acceptors (Lipinski definition) is 4. The maximum atomic E-state index is 8.89. The van der Waals surface area contributed by atoms with E-state index >= 15 is 0 Å². The van der Waals surface area contributed by atoms with E-state index in [2.05, 4.69) is 15.6 Å². The molecule has 0 saturated carbocycles. The Morgan fingerprint density at radius 2 is 1.97 bits per heavy atom. The van der Waals surface area contributed by atoms with Crippen molar-refractivity contribution in [3.63, 3.8) is 0 Å². The largest absolute Gasteiger partial charge is 0.493 e. The summed E-state index contributed by atoms with van der Waals surface area (Å²) in [6.07, 6.45) is 0. The second kappa shape index (κ2) is 13.0. The third kappa shape index (κ3) is 7.44. The van der Waals surface area contributed by atoms with Gasteiger partial charge >= 0.3 is 0 Å². The van der Waals surface area contributed by atoms with Gasteiger partial charge in [0.05, 0.1) is 31.8 Å². The lowest BCUT2D eigenvalue weighted by Crippen LogP contribution is -2.37. The van der Waals surface area contributed by atoms with Crippen molar-refractivity contribution in [2.24, 2.45) is 12.0 Å². The van der Waals surface area contributed by atoms with Gasteiger partial charge in [-0.15, -0.1) is 24.0 Å². The van der Waals surface area contributed by atoms with Crippen LogP contribution in [-0.4, -0.2) is 42.5 Å². The van der Waals surface area contributed by atoms with E-state index in [1.165, 1.54) is 0 Å². The molecule has 0 aliphatic heterocycles. The van der Waals surface area contributed by atoms with Crippen molar-refractivity contribution < 1.29 is 14.6 Å². The van der Waals surface area contributed by atoms with Crippen LogP contribution in [0.5, 0.6) is 11.5 Å². The molecule has 0 bridgehead atoms. The molecule has 10 heteroatoms. The van der Waals surface area contributed by atoms with Crippen molar-refractivity contribution >= 4 is 53.1 Å². The topological polar surface area (TPSA) is 80.0 Å². The number of ether oxygens (including phenoxy) is 2. The fourth-order valence-corrected chi connectivity index (χ4v) is 2.95. The molecule has 1 aromatic heterocycles. The highest BCUT2D eigenvalue weighted by Crippen LogP contribution is 2.28. The molecule has 2 aromatic rings. The van der Waals surface area contributed by atoms with Crippen LogP contribution in [0.1, 0.15) is 18.2 Å². The fraction of sp³-hybridized carbons (Fsp3) is 0.421. The number of nitrogens with zero attached hydrogens (tertiary/aromatic N) is 2. The molecule has 0 saturated heterocycles. The fourth-order valence-electron chi connectivity index (χ4n) is 2.53. The highest BCUT2D eigenvalue weighted by molar-refractivity contribution is 14.0. The summed E-state index contributed by atoms with van der Waals surface area (Å²) in [4.78, 5) is 4.61. The summed E-state index contributed by atoms with van der Waals surface area (Å²) in [6, 6.07) is 7.43. The molecule has 2 rings (SSSR count). The Balaban J connectivity index is 0.00000420. The van der Waals surface area contributed by atoms with Crippen molar-refractivity contribution in [2.75, 3.05) is 26.9 Å². The summed E-state index contributed by atoms with van der Waals surface area (Å²) >= 11 is 12.2. The van der Waals surface area contributed by atoms with Crippen LogP contribution in [0.3, 0.4) is 0 Å². The smallest absolute Gasteiger partial charge is 0.191 e. The van der Waals surface area contributed by atoms with Crippen molar-refractivity contribution in [3.8, 4) is 11.5 Å². The number of guanidine groups is 1. The van der Waals surface area contributed by atoms with E-state index in [4.69, 9.17) is 37.8 Å². The monoisotopic (exact) mass is 556 g/mol. The van der Waals surface area contributed by atoms with Gasteiger partial charge in [-0.25, -0.2) is 4.99 Å². The Bertz CT molecular complexity index is 815. The number of hydrogen-bond donors (Lipinski definition) is 3. The van der Waals surface area contributed by atoms with Crippen molar-refractivity contribution in [1.29, 1.82) is 0 Å². The van der Waals surface area contributed by atoms with Gasteiger partial charge in [-0.2, -0.15) is 0 Å². The van der Waals surface area contributed by atoms with Crippen LogP contribution < -0.4 is 20.1 Å². The van der Waals surface area contributed by atoms with Crippen LogP contribution in [0.4, 0.5) is 0 Å². The molecule has 0 aliphatic carbocycles. The number of aliphatic hydroxyl groups excluding tert-OH is 1. The predicted molar refractivity (Wildman–Crippen MR) is 128 cm³/mol. The molecule has 0 unspecified atom stereocenters. The molecule has 0 spiro atoms. The third-order valence-electron chi connectivity index (χ3n) is 3.99. The zero-order chi connectivity index (χ0) is 20.5. The zero-order valence-corrected chi connectivity index (χ0v) is 20.5. The number of benzene rings is 1. The van der Waals surface area contributed by atoms with Crippen molar-refractivity contribution in [3.05, 3.63) is 45.7 Å². The number of nitrogens with one attached hydrogen (secondary N) is 2. The molecule has 0 radical (unpaired) electrons. The molecule has 1 aromatic carbocycles. The average Bonchev–Trinajstić information content (AvgIpc) is 2.95. The lowest BCUT2D eigenvalue weighted by Gasteiger charge is -2.13. The Morgan fingerprint density at radius 1 is 1.21 bits per heavy atom. The van der Waals surface area contributed by atoms with Crippen molar-refractivity contribution in [2.45, 2.75) is 20.0 Å². The maximum Gasteiger partial charge on any atom is 0.191 e. The van der Waals surface area contributed by atoms with Gasteiger partial charge < -0.3 is 29.8 Å². The first-order chi connectivity index (χ1) is 13.5. The van der Waals surface area contributed by atoms with E-state index in [0.717, 1.165) is 17.8 Å². The SMILES string of the molecule is CCNC(=NCc1ccc(OCCO)c(OC)c1)NCc1cc(Cl)c(Cl)n1C.I. The number of methoxy groups -OCH3 is 1. The van der Waals surface area contributed by atoms with E-state index in [-0.39, 0.29) is 37.2 Å². The van der Waals surface area contributed by atoms with Gasteiger partial charge in [-0.05, 0) is 30.7 Å². The lowest BCUT2D eigenvalue weighted by atomic mass is 10.2. The number of aliphatic imine (C=N–C) groups is 1. The second-order valence-corrected chi connectivity index (χ2v) is 6.70. The summed E-state index contributed by atoms with van der Waals surface area (Å²) in [7, 11) is 3.44. The minimum atomic E-state index is -0.0511.